The first-order valence-electron chi connectivity index (χ1n) is 10.5. The Morgan fingerprint density at radius 2 is 0.885 bits per heavy atom. The maximum atomic E-state index is 11.6. The van der Waals surface area contributed by atoms with Crippen molar-refractivity contribution >= 4 is 35.0 Å². The number of hydrogen-bond donors (Lipinski definition) is 2. The minimum atomic E-state index is -1.58. The molecule has 0 radical (unpaired) electrons. The van der Waals surface area contributed by atoms with Crippen LogP contribution in [0.25, 0.3) is 0 Å². The van der Waals surface area contributed by atoms with Crippen molar-refractivity contribution in [3.8, 4) is 0 Å². The first-order chi connectivity index (χ1) is 12.0. The van der Waals surface area contributed by atoms with Gasteiger partial charge < -0.3 is 13.1 Å². The fourth-order valence-electron chi connectivity index (χ4n) is 3.41. The first-order valence-corrected chi connectivity index (χ1v) is 10.5. The molecule has 0 aromatic rings. The molecule has 0 heterocycles. The quantitative estimate of drug-likeness (QED) is 0.166. The van der Waals surface area contributed by atoms with Crippen molar-refractivity contribution in [3.05, 3.63) is 0 Å². The topological polar surface area (TPSA) is 74.6 Å². The number of carboxylic acids is 2. The molecule has 152 valence electrons. The molecule has 2 N–H and O–H groups in total. The molecule has 0 aliphatic carbocycles. The fourth-order valence-corrected chi connectivity index (χ4v) is 3.41. The van der Waals surface area contributed by atoms with E-state index in [1.807, 2.05) is 0 Å². The molecule has 4 nitrogen and oxygen atoms in total. The van der Waals surface area contributed by atoms with E-state index < -0.39 is 17.4 Å². The Labute approximate surface area is 179 Å². The van der Waals surface area contributed by atoms with E-state index >= 15 is 0 Å². The smallest absolute Gasteiger partial charge is 1.00 e. The molecule has 0 aromatic heterocycles. The van der Waals surface area contributed by atoms with Crippen LogP contribution in [0.5, 0.6) is 0 Å². The molecule has 0 spiro atoms. The number of hydrogen-bond acceptors (Lipinski definition) is 2. The summed E-state index contributed by atoms with van der Waals surface area (Å²) in [6.07, 6.45) is 15.9. The van der Waals surface area contributed by atoms with Gasteiger partial charge in [-0.25, -0.2) is 0 Å². The zero-order chi connectivity index (χ0) is 19.0. The van der Waals surface area contributed by atoms with Gasteiger partial charge in [0.15, 0.2) is 5.41 Å². The van der Waals surface area contributed by atoms with Crippen LogP contribution in [0.2, 0.25) is 0 Å². The summed E-state index contributed by atoms with van der Waals surface area (Å²) in [6, 6.07) is 0. The van der Waals surface area contributed by atoms with Crippen molar-refractivity contribution in [2.75, 3.05) is 0 Å². The summed E-state index contributed by atoms with van der Waals surface area (Å²) in [5, 5.41) is 19.0. The second kappa shape index (κ2) is 18.1. The molecular formula is C21H42MgO4. The minimum absolute atomic E-state index is 0. The van der Waals surface area contributed by atoms with Crippen LogP contribution in [-0.2, 0) is 9.59 Å². The van der Waals surface area contributed by atoms with Gasteiger partial charge in [0.2, 0.25) is 0 Å². The Morgan fingerprint density at radius 1 is 0.615 bits per heavy atom. The molecule has 0 saturated carbocycles. The molecule has 26 heavy (non-hydrogen) atoms. The number of rotatable bonds is 18. The zero-order valence-electron chi connectivity index (χ0n) is 19.2. The van der Waals surface area contributed by atoms with E-state index in [1.54, 1.807) is 0 Å². The fraction of sp³-hybridized carbons (Fsp3) is 0.905. The van der Waals surface area contributed by atoms with E-state index in [2.05, 4.69) is 13.8 Å². The summed E-state index contributed by atoms with van der Waals surface area (Å²) >= 11 is 0. The zero-order valence-corrected chi connectivity index (χ0v) is 18.6. The molecule has 5 heteroatoms. The van der Waals surface area contributed by atoms with Gasteiger partial charge in [0.1, 0.15) is 0 Å². The van der Waals surface area contributed by atoms with Crippen LogP contribution in [0.3, 0.4) is 0 Å². The van der Waals surface area contributed by atoms with Gasteiger partial charge in [-0.1, -0.05) is 104 Å². The summed E-state index contributed by atoms with van der Waals surface area (Å²) < 4.78 is 0. The average Bonchev–Trinajstić information content (AvgIpc) is 2.57. The van der Waals surface area contributed by atoms with Crippen LogP contribution in [0.4, 0.5) is 0 Å². The Kier molecular flexibility index (Phi) is 19.4. The molecule has 0 bridgehead atoms. The van der Waals surface area contributed by atoms with Gasteiger partial charge >= 0.3 is 35.0 Å². The molecule has 0 atom stereocenters. The van der Waals surface area contributed by atoms with E-state index in [0.717, 1.165) is 32.1 Å². The molecular weight excluding hydrogens is 341 g/mol. The van der Waals surface area contributed by atoms with E-state index in [9.17, 15) is 19.8 Å². The molecule has 0 fully saturated rings. The second-order valence-corrected chi connectivity index (χ2v) is 7.44. The third-order valence-electron chi connectivity index (χ3n) is 5.23. The maximum Gasteiger partial charge on any atom is 2.00 e. The van der Waals surface area contributed by atoms with Gasteiger partial charge in [-0.15, -0.1) is 0 Å². The average molecular weight is 383 g/mol. The maximum absolute atomic E-state index is 11.6. The Bertz CT molecular complexity index is 354. The normalized spacial score (nSPS) is 11.2. The Balaban J connectivity index is -0.000000960. The predicted molar refractivity (Wildman–Crippen MR) is 111 cm³/mol. The van der Waals surface area contributed by atoms with Crippen molar-refractivity contribution in [3.63, 3.8) is 0 Å². The molecule has 0 aliphatic heterocycles. The van der Waals surface area contributed by atoms with Crippen LogP contribution in [-0.4, -0.2) is 45.2 Å². The SMILES string of the molecule is CCCCCCCCCCCCC(CCCCCC)(C(=O)O)C(=O)O.[H-].[H-].[Mg+2]. The molecule has 0 unspecified atom stereocenters. The summed E-state index contributed by atoms with van der Waals surface area (Å²) in [5.74, 6) is -2.32. The van der Waals surface area contributed by atoms with E-state index in [4.69, 9.17) is 0 Å². The standard InChI is InChI=1S/C21H40O4.Mg.2H/c1-3-5-7-9-10-11-12-13-14-16-18-21(19(22)23,20(24)25)17-15-8-6-4-2;;;/h3-18H2,1-2H3,(H,22,23)(H,24,25);;;/q;+2;2*-1. The molecule has 0 saturated heterocycles. The van der Waals surface area contributed by atoms with Gasteiger partial charge in [-0.3, -0.25) is 9.59 Å². The molecule has 0 rings (SSSR count). The largest absolute Gasteiger partial charge is 2.00 e. The van der Waals surface area contributed by atoms with Gasteiger partial charge in [-0.2, -0.15) is 0 Å². The Hall–Kier alpha value is -0.294. The van der Waals surface area contributed by atoms with Crippen LogP contribution in [0.1, 0.15) is 119 Å². The van der Waals surface area contributed by atoms with Crippen LogP contribution in [0.15, 0.2) is 0 Å². The van der Waals surface area contributed by atoms with Gasteiger partial charge in [0, 0.05) is 0 Å². The second-order valence-electron chi connectivity index (χ2n) is 7.44. The monoisotopic (exact) mass is 382 g/mol. The van der Waals surface area contributed by atoms with Crippen molar-refractivity contribution in [1.82, 2.24) is 0 Å². The van der Waals surface area contributed by atoms with E-state index in [0.29, 0.717) is 12.8 Å². The molecule has 0 aromatic carbocycles. The van der Waals surface area contributed by atoms with Gasteiger partial charge in [0.25, 0.3) is 0 Å². The van der Waals surface area contributed by atoms with Crippen LogP contribution >= 0.6 is 0 Å². The van der Waals surface area contributed by atoms with Crippen molar-refractivity contribution in [1.29, 1.82) is 0 Å². The minimum Gasteiger partial charge on any atom is -1.00 e. The van der Waals surface area contributed by atoms with Gasteiger partial charge in [-0.05, 0) is 12.8 Å². The first kappa shape index (κ1) is 27.9. The number of unbranched alkanes of at least 4 members (excludes halogenated alkanes) is 12. The van der Waals surface area contributed by atoms with Crippen molar-refractivity contribution in [2.24, 2.45) is 5.41 Å². The van der Waals surface area contributed by atoms with Gasteiger partial charge in [0.05, 0.1) is 0 Å². The van der Waals surface area contributed by atoms with Crippen molar-refractivity contribution in [2.45, 2.75) is 117 Å². The third-order valence-corrected chi connectivity index (χ3v) is 5.23. The van der Waals surface area contributed by atoms with Crippen LogP contribution < -0.4 is 0 Å². The number of carboxylic acid groups (broad SMARTS) is 2. The van der Waals surface area contributed by atoms with E-state index in [1.165, 1.54) is 44.9 Å². The predicted octanol–water partition coefficient (Wildman–Crippen LogP) is 6.27. The number of aliphatic carboxylic acids is 2. The third kappa shape index (κ3) is 12.2. The summed E-state index contributed by atoms with van der Waals surface area (Å²) in [4.78, 5) is 23.3. The van der Waals surface area contributed by atoms with Crippen LogP contribution in [0, 0.1) is 5.41 Å². The summed E-state index contributed by atoms with van der Waals surface area (Å²) in [6.45, 7) is 4.31. The number of carbonyl (C=O) groups is 2. The molecule has 0 aliphatic rings. The Morgan fingerprint density at radius 3 is 1.19 bits per heavy atom. The summed E-state index contributed by atoms with van der Waals surface area (Å²) in [7, 11) is 0. The molecule has 0 amide bonds. The summed E-state index contributed by atoms with van der Waals surface area (Å²) in [5.41, 5.74) is -1.58. The van der Waals surface area contributed by atoms with Crippen molar-refractivity contribution < 1.29 is 22.7 Å². The van der Waals surface area contributed by atoms with E-state index in [-0.39, 0.29) is 38.7 Å².